The molecule has 0 radical (unpaired) electrons. The van der Waals surface area contributed by atoms with E-state index in [4.69, 9.17) is 11.6 Å². The van der Waals surface area contributed by atoms with Gasteiger partial charge in [-0.3, -0.25) is 9.59 Å². The number of hydrogen-bond donors (Lipinski definition) is 1. The summed E-state index contributed by atoms with van der Waals surface area (Å²) in [6.07, 6.45) is 2.73. The normalized spacial score (nSPS) is 14.6. The molecular weight excluding hydrogens is 226 g/mol. The minimum atomic E-state index is 0.0931. The van der Waals surface area contributed by atoms with Crippen LogP contribution in [0, 0.1) is 5.92 Å². The van der Waals surface area contributed by atoms with Crippen molar-refractivity contribution in [2.75, 3.05) is 0 Å². The Balaban J connectivity index is 1.98. The van der Waals surface area contributed by atoms with Gasteiger partial charge in [0.25, 0.3) is 0 Å². The van der Waals surface area contributed by atoms with E-state index >= 15 is 0 Å². The van der Waals surface area contributed by atoms with Gasteiger partial charge in [0, 0.05) is 23.0 Å². The number of carbonyl (C=O) groups excluding carboxylic acids is 2. The maximum Gasteiger partial charge on any atom is 0.223 e. The highest BCUT2D eigenvalue weighted by Gasteiger charge is 2.29. The molecule has 1 aliphatic carbocycles. The van der Waals surface area contributed by atoms with Gasteiger partial charge < -0.3 is 5.32 Å². The third kappa shape index (κ3) is 2.61. The maximum absolute atomic E-state index is 11.4. The van der Waals surface area contributed by atoms with Crippen LogP contribution >= 0.6 is 11.6 Å². The van der Waals surface area contributed by atoms with Crippen LogP contribution < -0.4 is 5.32 Å². The summed E-state index contributed by atoms with van der Waals surface area (Å²) in [7, 11) is 0. The summed E-state index contributed by atoms with van der Waals surface area (Å²) in [4.78, 5) is 21.9. The summed E-state index contributed by atoms with van der Waals surface area (Å²) < 4.78 is 0. The lowest BCUT2D eigenvalue weighted by atomic mass is 10.1. The third-order valence-corrected chi connectivity index (χ3v) is 2.97. The van der Waals surface area contributed by atoms with Crippen molar-refractivity contribution in [3.05, 3.63) is 34.3 Å². The first-order valence-electron chi connectivity index (χ1n) is 5.22. The van der Waals surface area contributed by atoms with Crippen molar-refractivity contribution in [1.82, 2.24) is 5.32 Å². The highest BCUT2D eigenvalue weighted by molar-refractivity contribution is 6.31. The Kier molecular flexibility index (Phi) is 3.25. The molecule has 1 amide bonds. The Hall–Kier alpha value is -1.35. The Morgan fingerprint density at radius 3 is 2.81 bits per heavy atom. The number of aldehydes is 1. The van der Waals surface area contributed by atoms with Crippen molar-refractivity contribution in [1.29, 1.82) is 0 Å². The molecule has 4 heteroatoms. The fourth-order valence-electron chi connectivity index (χ4n) is 1.45. The zero-order valence-electron chi connectivity index (χ0n) is 8.70. The quantitative estimate of drug-likeness (QED) is 0.816. The average molecular weight is 238 g/mol. The molecule has 1 saturated carbocycles. The largest absolute Gasteiger partial charge is 0.352 e. The second-order valence-electron chi connectivity index (χ2n) is 3.96. The van der Waals surface area contributed by atoms with Gasteiger partial charge in [0.15, 0.2) is 0 Å². The molecular formula is C12H12ClNO2. The van der Waals surface area contributed by atoms with Crippen molar-refractivity contribution >= 4 is 23.8 Å². The molecule has 16 heavy (non-hydrogen) atoms. The summed E-state index contributed by atoms with van der Waals surface area (Å²) in [5.74, 6) is 0.295. The van der Waals surface area contributed by atoms with Gasteiger partial charge in [-0.05, 0) is 24.5 Å². The van der Waals surface area contributed by atoms with Crippen LogP contribution in [0.4, 0.5) is 0 Å². The zero-order valence-corrected chi connectivity index (χ0v) is 9.46. The molecule has 1 fully saturated rings. The monoisotopic (exact) mass is 237 g/mol. The molecule has 0 aliphatic heterocycles. The molecule has 1 aromatic carbocycles. The van der Waals surface area contributed by atoms with Gasteiger partial charge in [-0.25, -0.2) is 0 Å². The Labute approximate surface area is 98.8 Å². The van der Waals surface area contributed by atoms with Crippen molar-refractivity contribution in [2.45, 2.75) is 19.4 Å². The Morgan fingerprint density at radius 1 is 1.50 bits per heavy atom. The molecule has 0 atom stereocenters. The van der Waals surface area contributed by atoms with Crippen LogP contribution in [0.2, 0.25) is 5.02 Å². The lowest BCUT2D eigenvalue weighted by Crippen LogP contribution is -2.24. The van der Waals surface area contributed by atoms with E-state index in [0.29, 0.717) is 17.1 Å². The van der Waals surface area contributed by atoms with Crippen molar-refractivity contribution in [3.8, 4) is 0 Å². The summed E-state index contributed by atoms with van der Waals surface area (Å²) in [6.45, 7) is 0.424. The molecule has 0 spiro atoms. The molecule has 1 aliphatic rings. The minimum Gasteiger partial charge on any atom is -0.352 e. The molecule has 0 heterocycles. The number of hydrogen-bond acceptors (Lipinski definition) is 2. The van der Waals surface area contributed by atoms with Crippen LogP contribution in [0.15, 0.2) is 18.2 Å². The molecule has 84 valence electrons. The van der Waals surface area contributed by atoms with Crippen LogP contribution in [0.25, 0.3) is 0 Å². The lowest BCUT2D eigenvalue weighted by molar-refractivity contribution is -0.122. The lowest BCUT2D eigenvalue weighted by Gasteiger charge is -2.06. The summed E-state index contributed by atoms with van der Waals surface area (Å²) in [6, 6.07) is 5.06. The van der Waals surface area contributed by atoms with Gasteiger partial charge in [0.05, 0.1) is 0 Å². The highest BCUT2D eigenvalue weighted by Crippen LogP contribution is 2.29. The van der Waals surface area contributed by atoms with Crippen LogP contribution in [0.5, 0.6) is 0 Å². The Morgan fingerprint density at radius 2 is 2.25 bits per heavy atom. The van der Waals surface area contributed by atoms with E-state index in [2.05, 4.69) is 5.32 Å². The fourth-order valence-corrected chi connectivity index (χ4v) is 1.71. The Bertz CT molecular complexity index is 427. The molecule has 0 bridgehead atoms. The second kappa shape index (κ2) is 4.66. The van der Waals surface area contributed by atoms with E-state index in [0.717, 1.165) is 24.7 Å². The average Bonchev–Trinajstić information content (AvgIpc) is 3.10. The fraction of sp³-hybridized carbons (Fsp3) is 0.333. The second-order valence-corrected chi connectivity index (χ2v) is 4.37. The number of carbonyl (C=O) groups is 2. The molecule has 2 rings (SSSR count). The first kappa shape index (κ1) is 11.1. The molecule has 1 aromatic rings. The van der Waals surface area contributed by atoms with E-state index < -0.39 is 0 Å². The number of nitrogens with one attached hydrogen (secondary N) is 1. The zero-order chi connectivity index (χ0) is 11.5. The van der Waals surface area contributed by atoms with Crippen LogP contribution in [-0.2, 0) is 11.3 Å². The van der Waals surface area contributed by atoms with Gasteiger partial charge in [-0.2, -0.15) is 0 Å². The first-order chi connectivity index (χ1) is 7.70. The molecule has 0 saturated heterocycles. The van der Waals surface area contributed by atoms with Gasteiger partial charge >= 0.3 is 0 Å². The minimum absolute atomic E-state index is 0.0931. The molecule has 0 aromatic heterocycles. The maximum atomic E-state index is 11.4. The number of amides is 1. The van der Waals surface area contributed by atoms with Gasteiger partial charge in [-0.15, -0.1) is 0 Å². The van der Waals surface area contributed by atoms with Gasteiger partial charge in [0.2, 0.25) is 5.91 Å². The van der Waals surface area contributed by atoms with E-state index in [-0.39, 0.29) is 11.8 Å². The van der Waals surface area contributed by atoms with E-state index in [1.165, 1.54) is 0 Å². The third-order valence-electron chi connectivity index (χ3n) is 2.61. The van der Waals surface area contributed by atoms with Gasteiger partial charge in [0.1, 0.15) is 6.29 Å². The van der Waals surface area contributed by atoms with Gasteiger partial charge in [-0.1, -0.05) is 23.7 Å². The topological polar surface area (TPSA) is 46.2 Å². The van der Waals surface area contributed by atoms with Crippen LogP contribution in [-0.4, -0.2) is 12.2 Å². The van der Waals surface area contributed by atoms with Crippen LogP contribution in [0.3, 0.4) is 0 Å². The van der Waals surface area contributed by atoms with E-state index in [1.807, 2.05) is 0 Å². The van der Waals surface area contributed by atoms with Crippen molar-refractivity contribution in [3.63, 3.8) is 0 Å². The molecule has 0 unspecified atom stereocenters. The van der Waals surface area contributed by atoms with E-state index in [9.17, 15) is 9.59 Å². The first-order valence-corrected chi connectivity index (χ1v) is 5.60. The summed E-state index contributed by atoms with van der Waals surface area (Å²) in [5, 5.41) is 3.34. The van der Waals surface area contributed by atoms with Crippen molar-refractivity contribution in [2.24, 2.45) is 5.92 Å². The molecule has 3 nitrogen and oxygen atoms in total. The van der Waals surface area contributed by atoms with Crippen molar-refractivity contribution < 1.29 is 9.59 Å². The van der Waals surface area contributed by atoms with E-state index in [1.54, 1.807) is 18.2 Å². The standard InChI is InChI=1S/C12H12ClNO2/c13-11-5-8(7-15)1-2-10(11)6-14-12(16)9-3-4-9/h1-2,5,7,9H,3-4,6H2,(H,14,16). The highest BCUT2D eigenvalue weighted by atomic mass is 35.5. The number of halogens is 1. The van der Waals surface area contributed by atoms with Crippen LogP contribution in [0.1, 0.15) is 28.8 Å². The predicted octanol–water partition coefficient (Wildman–Crippen LogP) is 2.18. The number of benzene rings is 1. The molecule has 1 N–H and O–H groups in total. The summed E-state index contributed by atoms with van der Waals surface area (Å²) >= 11 is 5.98. The SMILES string of the molecule is O=Cc1ccc(CNC(=O)C2CC2)c(Cl)c1. The number of rotatable bonds is 4. The smallest absolute Gasteiger partial charge is 0.223 e. The summed E-state index contributed by atoms with van der Waals surface area (Å²) in [5.41, 5.74) is 1.38. The predicted molar refractivity (Wildman–Crippen MR) is 61.4 cm³/mol.